The molecule has 6 aromatic rings. The minimum atomic E-state index is -0.621. The van der Waals surface area contributed by atoms with E-state index in [9.17, 15) is 4.79 Å². The molecule has 8 nitrogen and oxygen atoms in total. The van der Waals surface area contributed by atoms with E-state index in [0.717, 1.165) is 47.5 Å². The van der Waals surface area contributed by atoms with Gasteiger partial charge in [-0.05, 0) is 100 Å². The fourth-order valence-corrected chi connectivity index (χ4v) is 7.46. The highest BCUT2D eigenvalue weighted by Crippen LogP contribution is 2.54. The van der Waals surface area contributed by atoms with E-state index in [0.29, 0.717) is 39.5 Å². The van der Waals surface area contributed by atoms with Crippen molar-refractivity contribution in [2.75, 3.05) is 12.4 Å². The number of nitrogens with zero attached hydrogens (tertiary/aromatic N) is 3. The fourth-order valence-electron chi connectivity index (χ4n) is 5.65. The van der Waals surface area contributed by atoms with Crippen molar-refractivity contribution in [1.82, 2.24) is 9.97 Å². The lowest BCUT2D eigenvalue weighted by molar-refractivity contribution is 0.197. The average molecular weight is 834 g/mol. The van der Waals surface area contributed by atoms with Gasteiger partial charge in [0.1, 0.15) is 40.3 Å². The summed E-state index contributed by atoms with van der Waals surface area (Å²) < 4.78 is 20.0. The van der Waals surface area contributed by atoms with Crippen molar-refractivity contribution in [3.63, 3.8) is 0 Å². The van der Waals surface area contributed by atoms with Crippen LogP contribution in [0.25, 0.3) is 33.1 Å². The van der Waals surface area contributed by atoms with Gasteiger partial charge in [-0.1, -0.05) is 54.5 Å². The number of benzene rings is 4. The summed E-state index contributed by atoms with van der Waals surface area (Å²) in [6.07, 6.45) is 5.14. The van der Waals surface area contributed by atoms with Crippen LogP contribution in [0.4, 0.5) is 0 Å². The predicted octanol–water partition coefficient (Wildman–Crippen LogP) is 9.29. The Kier molecular flexibility index (Phi) is 8.71. The third-order valence-corrected chi connectivity index (χ3v) is 10.0. The normalized spacial score (nSPS) is 16.5. The average Bonchev–Trinajstić information content (AvgIpc) is 3.47. The number of amidine groups is 1. The van der Waals surface area contributed by atoms with Gasteiger partial charge in [0.05, 0.1) is 17.4 Å². The van der Waals surface area contributed by atoms with Crippen LogP contribution in [0.3, 0.4) is 0 Å². The van der Waals surface area contributed by atoms with E-state index >= 15 is 0 Å². The van der Waals surface area contributed by atoms with E-state index in [1.807, 2.05) is 54.6 Å². The maximum Gasteiger partial charge on any atom is 0.200 e. The molecule has 0 amide bonds. The lowest BCUT2D eigenvalue weighted by Gasteiger charge is -2.35. The van der Waals surface area contributed by atoms with Gasteiger partial charge < -0.3 is 19.6 Å². The zero-order valence-corrected chi connectivity index (χ0v) is 30.9. The molecule has 2 aliphatic rings. The Morgan fingerprint density at radius 1 is 0.917 bits per heavy atom. The molecule has 2 aliphatic heterocycles. The first kappa shape index (κ1) is 32.6. The van der Waals surface area contributed by atoms with Crippen LogP contribution in [0.2, 0.25) is 0 Å². The Morgan fingerprint density at radius 3 is 2.31 bits per heavy atom. The zero-order valence-electron chi connectivity index (χ0n) is 26.3. The number of thioether (sulfide) groups is 1. The summed E-state index contributed by atoms with van der Waals surface area (Å²) in [5.74, 6) is 3.08. The molecule has 242 valence electrons. The summed E-state index contributed by atoms with van der Waals surface area (Å²) in [7, 11) is 0. The Balaban J connectivity index is 0.000000180. The minimum Gasteiger partial charge on any atom is -0.493 e. The van der Waals surface area contributed by atoms with E-state index in [4.69, 9.17) is 24.6 Å². The topological polar surface area (TPSA) is 113 Å². The molecule has 4 heterocycles. The Labute approximate surface area is 303 Å². The Hall–Kier alpha value is -3.94. The van der Waals surface area contributed by atoms with Crippen LogP contribution < -0.4 is 20.6 Å². The molecule has 1 atom stereocenters. The third kappa shape index (κ3) is 6.42. The van der Waals surface area contributed by atoms with E-state index < -0.39 is 5.54 Å². The first-order valence-electron chi connectivity index (χ1n) is 15.1. The lowest BCUT2D eigenvalue weighted by Crippen LogP contribution is -2.30. The minimum absolute atomic E-state index is 0.0149. The second kappa shape index (κ2) is 12.8. The number of hydrogen-bond donors (Lipinski definition) is 1. The van der Waals surface area contributed by atoms with Gasteiger partial charge in [0.15, 0.2) is 5.17 Å². The quantitative estimate of drug-likeness (QED) is 0.139. The smallest absolute Gasteiger partial charge is 0.200 e. The standard InChI is InChI=1S/C24H24N4O2S.C13H6BrIO2/c1-23(2,3)12-29-17-5-7-21-19(9-17)24(13-31-22(25)28-24)18-8-15(4-6-20(18)30-21)16-10-26-14-27-11-16;14-7-1-3-11-9(5-7)13(16)10-6-8(15)2-4-12(10)17-11/h4-11,14H,12-13H2,1-3H3,(H2,25,28);1-6H. The molecule has 8 rings (SSSR count). The number of ether oxygens (including phenoxy) is 2. The number of fused-ring (bicyclic) bond motifs is 6. The van der Waals surface area contributed by atoms with Crippen molar-refractivity contribution in [2.45, 2.75) is 26.3 Å². The zero-order chi connectivity index (χ0) is 33.6. The molecule has 0 bridgehead atoms. The molecule has 0 radical (unpaired) electrons. The van der Waals surface area contributed by atoms with Gasteiger partial charge in [0.2, 0.25) is 5.43 Å². The Morgan fingerprint density at radius 2 is 1.60 bits per heavy atom. The Bertz CT molecular complexity index is 2230. The summed E-state index contributed by atoms with van der Waals surface area (Å²) in [6.45, 7) is 7.08. The lowest BCUT2D eigenvalue weighted by atomic mass is 9.81. The van der Waals surface area contributed by atoms with E-state index in [1.165, 1.54) is 6.33 Å². The van der Waals surface area contributed by atoms with Gasteiger partial charge in [0, 0.05) is 42.9 Å². The molecular formula is C37H30BrIN4O4S. The monoisotopic (exact) mass is 832 g/mol. The second-order valence-electron chi connectivity index (χ2n) is 12.8. The van der Waals surface area contributed by atoms with Crippen molar-refractivity contribution >= 4 is 77.4 Å². The van der Waals surface area contributed by atoms with Crippen LogP contribution in [0.5, 0.6) is 17.2 Å². The van der Waals surface area contributed by atoms with Gasteiger partial charge in [-0.25, -0.2) is 15.0 Å². The van der Waals surface area contributed by atoms with Gasteiger partial charge in [-0.2, -0.15) is 0 Å². The molecule has 11 heteroatoms. The van der Waals surface area contributed by atoms with Crippen molar-refractivity contribution < 1.29 is 13.9 Å². The van der Waals surface area contributed by atoms with Gasteiger partial charge in [-0.15, -0.1) is 0 Å². The van der Waals surface area contributed by atoms with Gasteiger partial charge in [0.25, 0.3) is 0 Å². The maximum atomic E-state index is 12.3. The van der Waals surface area contributed by atoms with Crippen molar-refractivity contribution in [3.05, 3.63) is 121 Å². The molecule has 0 fully saturated rings. The number of nitrogens with two attached hydrogens (primary N) is 1. The van der Waals surface area contributed by atoms with Gasteiger partial charge >= 0.3 is 0 Å². The van der Waals surface area contributed by atoms with Crippen LogP contribution in [-0.4, -0.2) is 27.5 Å². The predicted molar refractivity (Wildman–Crippen MR) is 204 cm³/mol. The number of aromatic nitrogens is 2. The summed E-state index contributed by atoms with van der Waals surface area (Å²) in [5, 5.41) is 1.81. The molecule has 2 aromatic heterocycles. The number of halogens is 2. The molecular weight excluding hydrogens is 803 g/mol. The van der Waals surface area contributed by atoms with Crippen LogP contribution in [0.15, 0.2) is 110 Å². The largest absolute Gasteiger partial charge is 0.493 e. The van der Waals surface area contributed by atoms with Crippen LogP contribution in [0.1, 0.15) is 31.9 Å². The summed E-state index contributed by atoms with van der Waals surface area (Å²) >= 11 is 7.11. The molecule has 0 saturated carbocycles. The highest BCUT2D eigenvalue weighted by atomic mass is 127. The second-order valence-corrected chi connectivity index (χ2v) is 15.9. The number of hydrogen-bond acceptors (Lipinski definition) is 9. The molecule has 0 saturated heterocycles. The van der Waals surface area contributed by atoms with Crippen LogP contribution in [0, 0.1) is 8.99 Å². The summed E-state index contributed by atoms with van der Waals surface area (Å²) in [5.41, 5.74) is 10.8. The highest BCUT2D eigenvalue weighted by molar-refractivity contribution is 14.1. The summed E-state index contributed by atoms with van der Waals surface area (Å²) in [6, 6.07) is 23.2. The van der Waals surface area contributed by atoms with E-state index in [2.05, 4.69) is 75.3 Å². The summed E-state index contributed by atoms with van der Waals surface area (Å²) in [4.78, 5) is 25.5. The van der Waals surface area contributed by atoms with E-state index in [-0.39, 0.29) is 10.8 Å². The molecule has 1 spiro atoms. The molecule has 4 aromatic carbocycles. The van der Waals surface area contributed by atoms with Crippen molar-refractivity contribution in [2.24, 2.45) is 16.1 Å². The van der Waals surface area contributed by atoms with Crippen LogP contribution in [-0.2, 0) is 5.54 Å². The fraction of sp³-hybridized carbons (Fsp3) is 0.189. The maximum absolute atomic E-state index is 12.3. The first-order chi connectivity index (χ1) is 23.0. The molecule has 2 N–H and O–H groups in total. The number of rotatable bonds is 3. The third-order valence-electron chi connectivity index (χ3n) is 7.93. The van der Waals surface area contributed by atoms with E-state index in [1.54, 1.807) is 36.3 Å². The molecule has 48 heavy (non-hydrogen) atoms. The van der Waals surface area contributed by atoms with Gasteiger partial charge in [-0.3, -0.25) is 4.79 Å². The highest BCUT2D eigenvalue weighted by Gasteiger charge is 2.46. The van der Waals surface area contributed by atoms with Crippen molar-refractivity contribution in [1.29, 1.82) is 0 Å². The van der Waals surface area contributed by atoms with Crippen molar-refractivity contribution in [3.8, 4) is 28.4 Å². The number of aliphatic imine (C=N–C) groups is 1. The molecule has 0 aliphatic carbocycles. The first-order valence-corrected chi connectivity index (χ1v) is 18.0. The molecule has 1 unspecified atom stereocenters. The van der Waals surface area contributed by atoms with Crippen LogP contribution >= 0.6 is 50.3 Å². The SMILES string of the molecule is CC(C)(C)COc1ccc2c(c1)C1(CSC(N)=N1)c1cc(-c3cncnc3)ccc1O2.O=c1c2cc(Br)ccc2oc2ccc(I)cc12.